The van der Waals surface area contributed by atoms with Gasteiger partial charge in [-0.2, -0.15) is 0 Å². The van der Waals surface area contributed by atoms with Crippen molar-refractivity contribution in [1.29, 1.82) is 0 Å². The van der Waals surface area contributed by atoms with Crippen LogP contribution in [0, 0.1) is 0 Å². The summed E-state index contributed by atoms with van der Waals surface area (Å²) in [4.78, 5) is 44.7. The molecule has 0 aliphatic rings. The van der Waals surface area contributed by atoms with Crippen LogP contribution in [0.25, 0.3) is 0 Å². The summed E-state index contributed by atoms with van der Waals surface area (Å²) in [6, 6.07) is -1.58. The molecule has 1 radical (unpaired) electrons. The topological polar surface area (TPSA) is 139 Å². The maximum atomic E-state index is 11.7. The van der Waals surface area contributed by atoms with Gasteiger partial charge in [0.1, 0.15) is 0 Å². The molecule has 0 aliphatic carbocycles. The average Bonchev–Trinajstić information content (AvgIpc) is 2.41. The number of nitrogens with two attached hydrogens (primary N) is 1. The number of hydrogen-bond donors (Lipinski definition) is 4. The van der Waals surface area contributed by atoms with E-state index in [0.29, 0.717) is 5.75 Å². The zero-order chi connectivity index (χ0) is 16.4. The Morgan fingerprint density at radius 1 is 1.33 bits per heavy atom. The Balaban J connectivity index is 4.35. The summed E-state index contributed by atoms with van der Waals surface area (Å²) < 4.78 is -0.331. The zero-order valence-corrected chi connectivity index (χ0v) is 14.0. The molecule has 2 atom stereocenters. The Bertz CT molecular complexity index is 407. The van der Waals surface area contributed by atoms with Crippen molar-refractivity contribution in [3.05, 3.63) is 0 Å². The Kier molecular flexibility index (Phi) is 10.1. The molecule has 21 heavy (non-hydrogen) atoms. The van der Waals surface area contributed by atoms with E-state index >= 15 is 0 Å². The van der Waals surface area contributed by atoms with Crippen LogP contribution in [0.4, 0.5) is 0 Å². The predicted octanol–water partition coefficient (Wildman–Crippen LogP) is -2.16. The van der Waals surface area contributed by atoms with Crippen LogP contribution in [0.5, 0.6) is 0 Å². The first-order valence-electron chi connectivity index (χ1n) is 6.02. The standard InChI is InChI=1S/C11H18N3O5SSe/c1-20-5-7(10(18)13-4-9(16)17)14-8(15)3-2-6(12)11(19)21/h6-7H,2-5,12H2,1H3,(H,13,18)(H,14,15)(H,16,17)/t6-,7-/m0/s1. The van der Waals surface area contributed by atoms with Gasteiger partial charge in [0.25, 0.3) is 0 Å². The van der Waals surface area contributed by atoms with E-state index in [-0.39, 0.29) is 17.5 Å². The van der Waals surface area contributed by atoms with E-state index in [2.05, 4.69) is 26.6 Å². The number of nitrogens with one attached hydrogen (secondary N) is 2. The summed E-state index contributed by atoms with van der Waals surface area (Å²) in [7, 11) is 0. The summed E-state index contributed by atoms with van der Waals surface area (Å²) in [5.41, 5.74) is 5.49. The van der Waals surface area contributed by atoms with E-state index in [4.69, 9.17) is 10.8 Å². The number of carboxylic acids is 1. The Morgan fingerprint density at radius 3 is 2.43 bits per heavy atom. The zero-order valence-electron chi connectivity index (χ0n) is 11.5. The molecule has 0 heterocycles. The fourth-order valence-corrected chi connectivity index (χ4v) is 2.12. The molecule has 5 N–H and O–H groups in total. The average molecular weight is 383 g/mol. The first-order chi connectivity index (χ1) is 9.77. The molecule has 0 fully saturated rings. The SMILES string of the molecule is CSC[C@H](NC(=O)CC[C@H](N)C(=O)[Se])C(=O)NCC(=O)O. The van der Waals surface area contributed by atoms with Crippen molar-refractivity contribution in [2.24, 2.45) is 5.73 Å². The monoisotopic (exact) mass is 384 g/mol. The fourth-order valence-electron chi connectivity index (χ4n) is 1.31. The molecule has 2 amide bonds. The van der Waals surface area contributed by atoms with Crippen LogP contribution in [-0.2, 0) is 19.2 Å². The van der Waals surface area contributed by atoms with Crippen molar-refractivity contribution < 1.29 is 24.3 Å². The third-order valence-corrected chi connectivity index (χ3v) is 3.69. The van der Waals surface area contributed by atoms with Gasteiger partial charge in [-0.05, 0) is 0 Å². The van der Waals surface area contributed by atoms with Crippen molar-refractivity contribution in [1.82, 2.24) is 10.6 Å². The summed E-state index contributed by atoms with van der Waals surface area (Å²) in [6.07, 6.45) is 1.93. The Hall–Kier alpha value is -1.09. The van der Waals surface area contributed by atoms with Gasteiger partial charge in [0.15, 0.2) is 0 Å². The van der Waals surface area contributed by atoms with E-state index in [1.165, 1.54) is 11.8 Å². The van der Waals surface area contributed by atoms with Gasteiger partial charge in [-0.15, -0.1) is 0 Å². The van der Waals surface area contributed by atoms with Gasteiger partial charge in [-0.1, -0.05) is 0 Å². The number of carbonyl (C=O) groups excluding carboxylic acids is 3. The van der Waals surface area contributed by atoms with Gasteiger partial charge in [0.2, 0.25) is 0 Å². The predicted molar refractivity (Wildman–Crippen MR) is 78.9 cm³/mol. The second-order valence-electron chi connectivity index (χ2n) is 4.15. The van der Waals surface area contributed by atoms with E-state index in [1.807, 2.05) is 0 Å². The Morgan fingerprint density at radius 2 is 1.95 bits per heavy atom. The molecular formula is C11H18N3O5SSe. The molecule has 8 nitrogen and oxygen atoms in total. The first-order valence-corrected chi connectivity index (χ1v) is 8.27. The van der Waals surface area contributed by atoms with Crippen LogP contribution in [-0.4, -0.2) is 74.2 Å². The van der Waals surface area contributed by atoms with Crippen LogP contribution in [0.2, 0.25) is 0 Å². The molecule has 0 aromatic rings. The number of thioether (sulfide) groups is 1. The summed E-state index contributed by atoms with van der Waals surface area (Å²) >= 11 is 3.59. The van der Waals surface area contributed by atoms with Gasteiger partial charge in [-0.25, -0.2) is 0 Å². The molecule has 119 valence electrons. The number of aliphatic carboxylic acids is 1. The van der Waals surface area contributed by atoms with Gasteiger partial charge in [-0.3, -0.25) is 0 Å². The minimum absolute atomic E-state index is 0.00563. The summed E-state index contributed by atoms with van der Waals surface area (Å²) in [5.74, 6) is -1.84. The number of carboxylic acid groups (broad SMARTS) is 1. The number of carbonyl (C=O) groups is 4. The molecule has 10 heteroatoms. The van der Waals surface area contributed by atoms with Crippen molar-refractivity contribution in [2.75, 3.05) is 18.6 Å². The molecule has 0 aromatic carbocycles. The van der Waals surface area contributed by atoms with E-state index in [9.17, 15) is 19.2 Å². The van der Waals surface area contributed by atoms with Crippen molar-refractivity contribution in [2.45, 2.75) is 24.9 Å². The van der Waals surface area contributed by atoms with Crippen LogP contribution in [0.1, 0.15) is 12.8 Å². The second-order valence-corrected chi connectivity index (χ2v) is 5.91. The first kappa shape index (κ1) is 19.9. The van der Waals surface area contributed by atoms with Gasteiger partial charge >= 0.3 is 134 Å². The third-order valence-electron chi connectivity index (χ3n) is 2.38. The summed E-state index contributed by atoms with van der Waals surface area (Å²) in [6.45, 7) is -0.509. The van der Waals surface area contributed by atoms with Crippen LogP contribution in [0.3, 0.4) is 0 Å². The molecule has 0 unspecified atom stereocenters. The minimum atomic E-state index is -1.17. The number of rotatable bonds is 10. The molecule has 0 saturated heterocycles. The van der Waals surface area contributed by atoms with Gasteiger partial charge in [0, 0.05) is 0 Å². The Labute approximate surface area is 134 Å². The van der Waals surface area contributed by atoms with Crippen LogP contribution >= 0.6 is 11.8 Å². The van der Waals surface area contributed by atoms with Crippen molar-refractivity contribution in [3.8, 4) is 0 Å². The van der Waals surface area contributed by atoms with E-state index in [1.54, 1.807) is 6.26 Å². The van der Waals surface area contributed by atoms with Crippen LogP contribution in [0.15, 0.2) is 0 Å². The molecule has 0 rings (SSSR count). The van der Waals surface area contributed by atoms with Gasteiger partial charge in [0.05, 0.1) is 0 Å². The van der Waals surface area contributed by atoms with Crippen molar-refractivity contribution >= 4 is 50.2 Å². The molecule has 0 aliphatic heterocycles. The molecule has 0 bridgehead atoms. The molecule has 0 saturated carbocycles. The normalized spacial score (nSPS) is 13.0. The summed E-state index contributed by atoms with van der Waals surface area (Å²) in [5, 5.41) is 13.2. The molecule has 0 spiro atoms. The third kappa shape index (κ3) is 9.46. The quantitative estimate of drug-likeness (QED) is 0.315. The molecule has 0 aromatic heterocycles. The molecular weight excluding hydrogens is 365 g/mol. The van der Waals surface area contributed by atoms with E-state index in [0.717, 1.165) is 0 Å². The number of hydrogen-bond acceptors (Lipinski definition) is 6. The van der Waals surface area contributed by atoms with E-state index < -0.39 is 36.4 Å². The van der Waals surface area contributed by atoms with Crippen LogP contribution < -0.4 is 16.4 Å². The number of amides is 2. The van der Waals surface area contributed by atoms with Gasteiger partial charge < -0.3 is 0 Å². The maximum absolute atomic E-state index is 11.7. The van der Waals surface area contributed by atoms with Crippen molar-refractivity contribution in [3.63, 3.8) is 0 Å². The fraction of sp³-hybridized carbons (Fsp3) is 0.636. The second kappa shape index (κ2) is 10.6.